The van der Waals surface area contributed by atoms with Gasteiger partial charge in [0.15, 0.2) is 5.49 Å². The molecule has 1 amide bonds. The van der Waals surface area contributed by atoms with Gasteiger partial charge in [-0.05, 0) is 31.2 Å². The fraction of sp³-hybridized carbons (Fsp3) is 0.545. The smallest absolute Gasteiger partial charge is 0.247 e. The Bertz CT molecular complexity index is 1090. The number of fused-ring (bicyclic) bond motifs is 2. The maximum atomic E-state index is 13.1. The van der Waals surface area contributed by atoms with Crippen molar-refractivity contribution in [2.24, 2.45) is 10.9 Å². The number of alkyl halides is 1. The first-order valence-corrected chi connectivity index (χ1v) is 11.2. The maximum Gasteiger partial charge on any atom is 0.247 e. The molecule has 0 N–H and O–H groups in total. The van der Waals surface area contributed by atoms with Crippen molar-refractivity contribution in [3.8, 4) is 0 Å². The Kier molecular flexibility index (Phi) is 5.01. The molecule has 1 atom stereocenters. The number of hydrogen-bond donors (Lipinski definition) is 0. The molecule has 158 valence electrons. The SMILES string of the molecule is CC(C)CCn1c(CN2C(=O)CN(C3CC3)c3ccncc32)nc2c1=CCC(Cl)N=2. The molecule has 1 unspecified atom stereocenters. The molecule has 2 aromatic rings. The van der Waals surface area contributed by atoms with Crippen LogP contribution in [-0.2, 0) is 17.9 Å². The van der Waals surface area contributed by atoms with E-state index in [4.69, 9.17) is 16.6 Å². The summed E-state index contributed by atoms with van der Waals surface area (Å²) in [4.78, 5) is 30.8. The minimum atomic E-state index is -0.271. The van der Waals surface area contributed by atoms with Crippen molar-refractivity contribution in [3.05, 3.63) is 35.1 Å². The fourth-order valence-electron chi connectivity index (χ4n) is 4.25. The third-order valence-electron chi connectivity index (χ3n) is 6.04. The van der Waals surface area contributed by atoms with E-state index in [1.165, 1.54) is 0 Å². The first-order chi connectivity index (χ1) is 14.5. The number of carbonyl (C=O) groups excluding carboxylic acids is 1. The average molecular weight is 427 g/mol. The Balaban J connectivity index is 1.53. The third-order valence-corrected chi connectivity index (χ3v) is 6.31. The molecule has 8 heteroatoms. The molecule has 7 nitrogen and oxygen atoms in total. The van der Waals surface area contributed by atoms with Crippen molar-refractivity contribution in [1.29, 1.82) is 0 Å². The molecule has 30 heavy (non-hydrogen) atoms. The van der Waals surface area contributed by atoms with Crippen molar-refractivity contribution < 1.29 is 4.79 Å². The zero-order valence-electron chi connectivity index (χ0n) is 17.5. The molecule has 0 radical (unpaired) electrons. The molecule has 0 bridgehead atoms. The van der Waals surface area contributed by atoms with Crippen LogP contribution in [0, 0.1) is 5.92 Å². The number of hydrogen-bond acceptors (Lipinski definition) is 5. The molecule has 1 aliphatic carbocycles. The van der Waals surface area contributed by atoms with Gasteiger partial charge in [-0.2, -0.15) is 0 Å². The van der Waals surface area contributed by atoms with Crippen LogP contribution in [-0.4, -0.2) is 38.5 Å². The van der Waals surface area contributed by atoms with Crippen LogP contribution in [0.3, 0.4) is 0 Å². The lowest BCUT2D eigenvalue weighted by atomic mass is 10.1. The zero-order chi connectivity index (χ0) is 20.8. The Morgan fingerprint density at radius 2 is 2.10 bits per heavy atom. The molecule has 5 rings (SSSR count). The van der Waals surface area contributed by atoms with Gasteiger partial charge in [-0.25, -0.2) is 9.98 Å². The summed E-state index contributed by atoms with van der Waals surface area (Å²) in [5.41, 5.74) is 2.38. The first-order valence-electron chi connectivity index (χ1n) is 10.8. The summed E-state index contributed by atoms with van der Waals surface area (Å²) in [6, 6.07) is 2.50. The minimum Gasteiger partial charge on any atom is -0.357 e. The monoisotopic (exact) mass is 426 g/mol. The van der Waals surface area contributed by atoms with Crippen molar-refractivity contribution in [1.82, 2.24) is 14.5 Å². The average Bonchev–Trinajstić information content (AvgIpc) is 3.50. The van der Waals surface area contributed by atoms with Crippen LogP contribution in [0.5, 0.6) is 0 Å². The molecule has 2 aromatic heterocycles. The van der Waals surface area contributed by atoms with Gasteiger partial charge in [0.1, 0.15) is 11.3 Å². The van der Waals surface area contributed by atoms with Crippen molar-refractivity contribution in [3.63, 3.8) is 0 Å². The van der Waals surface area contributed by atoms with Crippen molar-refractivity contribution in [2.45, 2.75) is 64.2 Å². The van der Waals surface area contributed by atoms with Crippen LogP contribution in [0.25, 0.3) is 6.08 Å². The third kappa shape index (κ3) is 3.60. The molecule has 1 saturated carbocycles. The summed E-state index contributed by atoms with van der Waals surface area (Å²) >= 11 is 6.24. The van der Waals surface area contributed by atoms with Gasteiger partial charge in [-0.15, -0.1) is 0 Å². The zero-order valence-corrected chi connectivity index (χ0v) is 18.2. The van der Waals surface area contributed by atoms with Crippen LogP contribution in [0.2, 0.25) is 0 Å². The highest BCUT2D eigenvalue weighted by atomic mass is 35.5. The topological polar surface area (TPSA) is 66.6 Å². The van der Waals surface area contributed by atoms with E-state index in [0.29, 0.717) is 37.0 Å². The lowest BCUT2D eigenvalue weighted by molar-refractivity contribution is -0.117. The van der Waals surface area contributed by atoms with Crippen LogP contribution in [0.15, 0.2) is 23.5 Å². The minimum absolute atomic E-state index is 0.0925. The van der Waals surface area contributed by atoms with E-state index in [1.54, 1.807) is 12.4 Å². The van der Waals surface area contributed by atoms with E-state index in [-0.39, 0.29) is 11.4 Å². The molecule has 0 aromatic carbocycles. The number of amides is 1. The largest absolute Gasteiger partial charge is 0.357 e. The Morgan fingerprint density at radius 1 is 1.27 bits per heavy atom. The summed E-state index contributed by atoms with van der Waals surface area (Å²) in [5, 5.41) is 1.03. The number of anilines is 2. The molecular formula is C22H27ClN6O. The summed E-state index contributed by atoms with van der Waals surface area (Å²) in [5.74, 6) is 1.52. The van der Waals surface area contributed by atoms with Gasteiger partial charge in [-0.1, -0.05) is 31.5 Å². The van der Waals surface area contributed by atoms with Gasteiger partial charge in [0.25, 0.3) is 0 Å². The molecular weight excluding hydrogens is 400 g/mol. The number of nitrogens with zero attached hydrogens (tertiary/aromatic N) is 6. The summed E-state index contributed by atoms with van der Waals surface area (Å²) in [7, 11) is 0. The van der Waals surface area contributed by atoms with E-state index >= 15 is 0 Å². The van der Waals surface area contributed by atoms with Gasteiger partial charge < -0.3 is 9.47 Å². The number of aromatic nitrogens is 3. The van der Waals surface area contributed by atoms with E-state index < -0.39 is 0 Å². The molecule has 0 spiro atoms. The van der Waals surface area contributed by atoms with Gasteiger partial charge >= 0.3 is 0 Å². The molecule has 3 aliphatic rings. The summed E-state index contributed by atoms with van der Waals surface area (Å²) in [6.07, 6.45) is 9.77. The second-order valence-corrected chi connectivity index (χ2v) is 9.28. The number of carbonyl (C=O) groups is 1. The highest BCUT2D eigenvalue weighted by Gasteiger charge is 2.38. The summed E-state index contributed by atoms with van der Waals surface area (Å²) < 4.78 is 2.22. The van der Waals surface area contributed by atoms with E-state index in [1.807, 2.05) is 11.0 Å². The van der Waals surface area contributed by atoms with Gasteiger partial charge in [0, 0.05) is 25.2 Å². The molecule has 4 heterocycles. The second-order valence-electron chi connectivity index (χ2n) is 8.78. The maximum absolute atomic E-state index is 13.1. The van der Waals surface area contributed by atoms with Crippen LogP contribution < -0.4 is 20.6 Å². The lowest BCUT2D eigenvalue weighted by Crippen LogP contribution is -2.46. The first kappa shape index (κ1) is 19.5. The van der Waals surface area contributed by atoms with Crippen LogP contribution in [0.1, 0.15) is 45.4 Å². The Morgan fingerprint density at radius 3 is 2.87 bits per heavy atom. The number of rotatable bonds is 6. The quantitative estimate of drug-likeness (QED) is 0.524. The van der Waals surface area contributed by atoms with E-state index in [0.717, 1.165) is 48.4 Å². The summed E-state index contributed by atoms with van der Waals surface area (Å²) in [6.45, 7) is 6.11. The molecule has 0 saturated heterocycles. The fourth-order valence-corrected chi connectivity index (χ4v) is 4.44. The Hall–Kier alpha value is -2.41. The number of halogens is 1. The van der Waals surface area contributed by atoms with Gasteiger partial charge in [0.2, 0.25) is 5.91 Å². The second kappa shape index (κ2) is 7.69. The molecule has 2 aliphatic heterocycles. The normalized spacial score (nSPS) is 20.7. The van der Waals surface area contributed by atoms with Gasteiger partial charge in [-0.3, -0.25) is 14.7 Å². The van der Waals surface area contributed by atoms with E-state index in [9.17, 15) is 4.79 Å². The van der Waals surface area contributed by atoms with E-state index in [2.05, 4.69) is 39.4 Å². The highest BCUT2D eigenvalue weighted by molar-refractivity contribution is 6.20. The standard InChI is InChI=1S/C22H27ClN6O/c1-14(2)8-10-27-17-5-6-19(23)25-22(17)26-20(27)12-29-18-11-24-9-7-16(18)28(13-21(29)30)15-3-4-15/h5,7,9,11,14-15,19H,3-4,6,8,10,12-13H2,1-2H3. The number of imidazole rings is 1. The predicted octanol–water partition coefficient (Wildman–Crippen LogP) is 2.21. The van der Waals surface area contributed by atoms with Gasteiger partial charge in [0.05, 0.1) is 36.0 Å². The lowest BCUT2D eigenvalue weighted by Gasteiger charge is -2.37. The van der Waals surface area contributed by atoms with Crippen molar-refractivity contribution in [2.75, 3.05) is 16.3 Å². The molecule has 1 fully saturated rings. The Labute approximate surface area is 181 Å². The highest BCUT2D eigenvalue weighted by Crippen LogP contribution is 2.40. The number of pyridine rings is 1. The van der Waals surface area contributed by atoms with Crippen molar-refractivity contribution >= 4 is 35.0 Å². The van der Waals surface area contributed by atoms with Crippen LogP contribution >= 0.6 is 11.6 Å². The predicted molar refractivity (Wildman–Crippen MR) is 117 cm³/mol. The van der Waals surface area contributed by atoms with Crippen LogP contribution in [0.4, 0.5) is 11.4 Å².